The summed E-state index contributed by atoms with van der Waals surface area (Å²) in [4.78, 5) is 22.2. The lowest BCUT2D eigenvalue weighted by atomic mass is 10.2. The Kier molecular flexibility index (Phi) is 5.44. The maximum Gasteiger partial charge on any atom is 0.389 e. The Morgan fingerprint density at radius 1 is 1.26 bits per heavy atom. The van der Waals surface area contributed by atoms with Crippen LogP contribution in [0, 0.1) is 5.92 Å². The molecule has 19 heavy (non-hydrogen) atoms. The average Bonchev–Trinajstić information content (AvgIpc) is 3.07. The third kappa shape index (κ3) is 6.88. The molecule has 0 spiro atoms. The Balaban J connectivity index is 2.12. The van der Waals surface area contributed by atoms with Gasteiger partial charge in [-0.1, -0.05) is 0 Å². The number of halogens is 3. The molecule has 3 N–H and O–H groups in total. The first-order valence-electron chi connectivity index (χ1n) is 6.13. The van der Waals surface area contributed by atoms with Crippen molar-refractivity contribution in [2.24, 2.45) is 5.92 Å². The third-order valence-corrected chi connectivity index (χ3v) is 2.82. The lowest BCUT2D eigenvalue weighted by Gasteiger charge is -2.14. The number of unbranched alkanes of at least 4 members (excludes halogenated alkanes) is 1. The molecule has 0 aliphatic heterocycles. The fourth-order valence-corrected chi connectivity index (χ4v) is 1.66. The maximum absolute atomic E-state index is 11.8. The first-order chi connectivity index (χ1) is 8.79. The van der Waals surface area contributed by atoms with Crippen LogP contribution in [0.3, 0.4) is 0 Å². The predicted molar refractivity (Wildman–Crippen MR) is 60.6 cm³/mol. The van der Waals surface area contributed by atoms with E-state index in [9.17, 15) is 22.8 Å². The number of carboxylic acid groups (broad SMARTS) is 1. The molecule has 0 aromatic rings. The van der Waals surface area contributed by atoms with E-state index in [1.165, 1.54) is 0 Å². The molecule has 0 aromatic heterocycles. The highest BCUT2D eigenvalue weighted by Gasteiger charge is 2.37. The first-order valence-corrected chi connectivity index (χ1v) is 6.13. The molecule has 8 heteroatoms. The van der Waals surface area contributed by atoms with Crippen LogP contribution < -0.4 is 10.6 Å². The molecule has 0 heterocycles. The smallest absolute Gasteiger partial charge is 0.389 e. The second-order valence-electron chi connectivity index (χ2n) is 4.63. The minimum Gasteiger partial charge on any atom is -0.480 e. The molecule has 0 bridgehead atoms. The number of amides is 2. The molecule has 1 rings (SSSR count). The quantitative estimate of drug-likeness (QED) is 0.624. The monoisotopic (exact) mass is 282 g/mol. The van der Waals surface area contributed by atoms with E-state index in [-0.39, 0.29) is 25.3 Å². The van der Waals surface area contributed by atoms with E-state index in [1.54, 1.807) is 0 Å². The third-order valence-electron chi connectivity index (χ3n) is 2.82. The summed E-state index contributed by atoms with van der Waals surface area (Å²) in [7, 11) is 0. The molecule has 1 aliphatic rings. The SMILES string of the molecule is O=C(NCCCCC(F)(F)F)NC(C(=O)O)C1CC1. The zero-order valence-electron chi connectivity index (χ0n) is 10.3. The Bertz CT molecular complexity index is 330. The van der Waals surface area contributed by atoms with E-state index in [0.717, 1.165) is 12.8 Å². The predicted octanol–water partition coefficient (Wildman–Crippen LogP) is 1.88. The molecule has 110 valence electrons. The van der Waals surface area contributed by atoms with Crippen LogP contribution in [0.25, 0.3) is 0 Å². The van der Waals surface area contributed by atoms with Crippen molar-refractivity contribution in [2.45, 2.75) is 44.3 Å². The van der Waals surface area contributed by atoms with Gasteiger partial charge in [-0.15, -0.1) is 0 Å². The highest BCUT2D eigenvalue weighted by molar-refractivity contribution is 5.83. The van der Waals surface area contributed by atoms with Gasteiger partial charge >= 0.3 is 18.2 Å². The van der Waals surface area contributed by atoms with Crippen LogP contribution in [0.15, 0.2) is 0 Å². The topological polar surface area (TPSA) is 78.4 Å². The summed E-state index contributed by atoms with van der Waals surface area (Å²) in [5.74, 6) is -1.12. The van der Waals surface area contributed by atoms with Gasteiger partial charge in [-0.3, -0.25) is 0 Å². The molecule has 5 nitrogen and oxygen atoms in total. The Morgan fingerprint density at radius 3 is 2.37 bits per heavy atom. The van der Waals surface area contributed by atoms with Crippen molar-refractivity contribution in [2.75, 3.05) is 6.54 Å². The second kappa shape index (κ2) is 6.63. The lowest BCUT2D eigenvalue weighted by Crippen LogP contribution is -2.47. The molecule has 0 radical (unpaired) electrons. The molecule has 1 aliphatic carbocycles. The number of urea groups is 1. The Hall–Kier alpha value is -1.47. The van der Waals surface area contributed by atoms with Gasteiger partial charge in [0.25, 0.3) is 0 Å². The van der Waals surface area contributed by atoms with Gasteiger partial charge < -0.3 is 15.7 Å². The number of alkyl halides is 3. The first kappa shape index (κ1) is 15.6. The van der Waals surface area contributed by atoms with E-state index in [4.69, 9.17) is 5.11 Å². The van der Waals surface area contributed by atoms with E-state index in [0.29, 0.717) is 0 Å². The summed E-state index contributed by atoms with van der Waals surface area (Å²) in [5.41, 5.74) is 0. The summed E-state index contributed by atoms with van der Waals surface area (Å²) >= 11 is 0. The van der Waals surface area contributed by atoms with Crippen molar-refractivity contribution in [1.82, 2.24) is 10.6 Å². The summed E-state index contributed by atoms with van der Waals surface area (Å²) in [5, 5.41) is 13.5. The largest absolute Gasteiger partial charge is 0.480 e. The van der Waals surface area contributed by atoms with Gasteiger partial charge in [0.1, 0.15) is 6.04 Å². The molecule has 1 saturated carbocycles. The van der Waals surface area contributed by atoms with Crippen LogP contribution in [-0.4, -0.2) is 35.9 Å². The molecule has 1 atom stereocenters. The Labute approximate surface area is 108 Å². The average molecular weight is 282 g/mol. The molecular formula is C11H17F3N2O3. The molecule has 2 amide bonds. The number of hydrogen-bond donors (Lipinski definition) is 3. The summed E-state index contributed by atoms with van der Waals surface area (Å²) in [6, 6.07) is -1.55. The number of hydrogen-bond acceptors (Lipinski definition) is 2. The van der Waals surface area contributed by atoms with E-state index in [1.807, 2.05) is 0 Å². The highest BCUT2D eigenvalue weighted by atomic mass is 19.4. The molecule has 1 fully saturated rings. The van der Waals surface area contributed by atoms with Gasteiger partial charge in [-0.2, -0.15) is 13.2 Å². The minimum atomic E-state index is -4.18. The van der Waals surface area contributed by atoms with Crippen LogP contribution in [0.4, 0.5) is 18.0 Å². The summed E-state index contributed by atoms with van der Waals surface area (Å²) in [6.07, 6.45) is -3.38. The van der Waals surface area contributed by atoms with Crippen molar-refractivity contribution in [3.05, 3.63) is 0 Å². The van der Waals surface area contributed by atoms with Crippen LogP contribution >= 0.6 is 0 Å². The number of carboxylic acids is 1. The van der Waals surface area contributed by atoms with Gasteiger partial charge in [0.15, 0.2) is 0 Å². The minimum absolute atomic E-state index is 0.0338. The van der Waals surface area contributed by atoms with Crippen molar-refractivity contribution in [3.63, 3.8) is 0 Å². The fraction of sp³-hybridized carbons (Fsp3) is 0.818. The van der Waals surface area contributed by atoms with Gasteiger partial charge in [0.2, 0.25) is 0 Å². The molecule has 1 unspecified atom stereocenters. The van der Waals surface area contributed by atoms with Crippen LogP contribution in [-0.2, 0) is 4.79 Å². The lowest BCUT2D eigenvalue weighted by molar-refractivity contribution is -0.140. The number of aliphatic carboxylic acids is 1. The zero-order valence-corrected chi connectivity index (χ0v) is 10.3. The number of carbonyl (C=O) groups excluding carboxylic acids is 1. The summed E-state index contributed by atoms with van der Waals surface area (Å²) < 4.78 is 35.5. The molecule has 0 saturated heterocycles. The maximum atomic E-state index is 11.8. The number of carbonyl (C=O) groups is 2. The van der Waals surface area contributed by atoms with Gasteiger partial charge in [-0.05, 0) is 31.6 Å². The van der Waals surface area contributed by atoms with E-state index in [2.05, 4.69) is 10.6 Å². The zero-order chi connectivity index (χ0) is 14.5. The second-order valence-corrected chi connectivity index (χ2v) is 4.63. The van der Waals surface area contributed by atoms with Crippen molar-refractivity contribution in [3.8, 4) is 0 Å². The highest BCUT2D eigenvalue weighted by Crippen LogP contribution is 2.32. The number of rotatable bonds is 7. The number of nitrogens with one attached hydrogen (secondary N) is 2. The van der Waals surface area contributed by atoms with Crippen LogP contribution in [0.2, 0.25) is 0 Å². The van der Waals surface area contributed by atoms with Crippen molar-refractivity contribution >= 4 is 12.0 Å². The van der Waals surface area contributed by atoms with Crippen molar-refractivity contribution < 1.29 is 27.9 Å². The van der Waals surface area contributed by atoms with Gasteiger partial charge in [-0.25, -0.2) is 9.59 Å². The summed E-state index contributed by atoms with van der Waals surface area (Å²) in [6.45, 7) is 0.0961. The van der Waals surface area contributed by atoms with E-state index < -0.39 is 30.6 Å². The van der Waals surface area contributed by atoms with Crippen molar-refractivity contribution in [1.29, 1.82) is 0 Å². The molecular weight excluding hydrogens is 265 g/mol. The van der Waals surface area contributed by atoms with Gasteiger partial charge in [0, 0.05) is 13.0 Å². The molecule has 0 aromatic carbocycles. The van der Waals surface area contributed by atoms with Crippen LogP contribution in [0.5, 0.6) is 0 Å². The van der Waals surface area contributed by atoms with Crippen LogP contribution in [0.1, 0.15) is 32.1 Å². The van der Waals surface area contributed by atoms with E-state index >= 15 is 0 Å². The normalized spacial score (nSPS) is 16.8. The Morgan fingerprint density at radius 2 is 1.89 bits per heavy atom. The fourth-order valence-electron chi connectivity index (χ4n) is 1.66. The van der Waals surface area contributed by atoms with Gasteiger partial charge in [0.05, 0.1) is 0 Å². The standard InChI is InChI=1S/C11H17F3N2O3/c12-11(13,14)5-1-2-6-15-10(19)16-8(9(17)18)7-3-4-7/h7-8H,1-6H2,(H,17,18)(H2,15,16,19).